The molecule has 12 heteroatoms. The second-order valence-electron chi connectivity index (χ2n) is 8.00. The molecule has 0 amide bonds. The quantitative estimate of drug-likeness (QED) is 0.237. The Hall–Kier alpha value is -2.26. The monoisotopic (exact) mass is 470 g/mol. The molecule has 0 radical (unpaired) electrons. The van der Waals surface area contributed by atoms with Gasteiger partial charge in [-0.2, -0.15) is 0 Å². The van der Waals surface area contributed by atoms with Crippen LogP contribution >= 0.6 is 0 Å². The Balaban J connectivity index is 1.50. The molecule has 2 aromatic carbocycles. The molecule has 4 rings (SSSR count). The number of aromatic hydroxyl groups is 2. The molecule has 2 fully saturated rings. The molecule has 2 aromatic rings. The van der Waals surface area contributed by atoms with Crippen molar-refractivity contribution in [3.63, 3.8) is 0 Å². The highest BCUT2D eigenvalue weighted by molar-refractivity contribution is 5.97. The van der Waals surface area contributed by atoms with Gasteiger partial charge < -0.3 is 59.8 Å². The van der Waals surface area contributed by atoms with Crippen LogP contribution in [-0.4, -0.2) is 109 Å². The van der Waals surface area contributed by atoms with E-state index in [-0.39, 0.29) is 34.6 Å². The fourth-order valence-electron chi connectivity index (χ4n) is 3.83. The largest absolute Gasteiger partial charge is 0.507 e. The Morgan fingerprint density at radius 1 is 0.788 bits per heavy atom. The molecule has 0 bridgehead atoms. The topological polar surface area (TPSA) is 199 Å². The average Bonchev–Trinajstić information content (AvgIpc) is 2.80. The van der Waals surface area contributed by atoms with Crippen molar-refractivity contribution in [2.45, 2.75) is 55.3 Å². The van der Waals surface area contributed by atoms with Crippen LogP contribution < -0.4 is 4.74 Å². The van der Waals surface area contributed by atoms with Gasteiger partial charge in [-0.15, -0.1) is 0 Å². The molecule has 2 aliphatic heterocycles. The van der Waals surface area contributed by atoms with E-state index in [4.69, 9.17) is 18.9 Å². The van der Waals surface area contributed by atoms with Gasteiger partial charge in [0.15, 0.2) is 6.29 Å². The maximum absolute atomic E-state index is 10.4. The Morgan fingerprint density at radius 2 is 1.52 bits per heavy atom. The zero-order valence-electron chi connectivity index (χ0n) is 17.2. The first kappa shape index (κ1) is 23.9. The van der Waals surface area contributed by atoms with Gasteiger partial charge in [0, 0.05) is 5.39 Å². The summed E-state index contributed by atoms with van der Waals surface area (Å²) in [5, 5.41) is 80.9. The predicted octanol–water partition coefficient (Wildman–Crippen LogP) is -2.11. The van der Waals surface area contributed by atoms with Gasteiger partial charge in [-0.1, -0.05) is 12.1 Å². The number of phenolic OH excluding ortho intramolecular Hbond substituents is 2. The van der Waals surface area contributed by atoms with Crippen LogP contribution in [0.25, 0.3) is 10.8 Å². The highest BCUT2D eigenvalue weighted by Gasteiger charge is 2.46. The molecule has 0 spiro atoms. The highest BCUT2D eigenvalue weighted by Crippen LogP contribution is 2.39. The maximum atomic E-state index is 10.4. The minimum absolute atomic E-state index is 0.0383. The van der Waals surface area contributed by atoms with Gasteiger partial charge in [0.25, 0.3) is 0 Å². The van der Waals surface area contributed by atoms with E-state index in [9.17, 15) is 40.9 Å². The lowest BCUT2D eigenvalue weighted by Gasteiger charge is -2.41. The van der Waals surface area contributed by atoms with E-state index in [1.54, 1.807) is 6.07 Å². The molecule has 9 atom stereocenters. The van der Waals surface area contributed by atoms with Crippen molar-refractivity contribution in [3.05, 3.63) is 30.3 Å². The van der Waals surface area contributed by atoms with Crippen molar-refractivity contribution < 1.29 is 59.8 Å². The van der Waals surface area contributed by atoms with E-state index in [0.29, 0.717) is 0 Å². The number of aliphatic hydroxyl groups excluding tert-OH is 6. The van der Waals surface area contributed by atoms with Crippen LogP contribution in [0.1, 0.15) is 0 Å². The number of aliphatic hydroxyl groups is 6. The van der Waals surface area contributed by atoms with Crippen molar-refractivity contribution in [1.29, 1.82) is 0 Å². The summed E-state index contributed by atoms with van der Waals surface area (Å²) >= 11 is 0. The molecule has 8 N–H and O–H groups in total. The Bertz CT molecular complexity index is 970. The molecule has 0 aromatic heterocycles. The Kier molecular flexibility index (Phi) is 6.91. The van der Waals surface area contributed by atoms with Crippen LogP contribution in [0, 0.1) is 0 Å². The summed E-state index contributed by atoms with van der Waals surface area (Å²) in [7, 11) is 0. The van der Waals surface area contributed by atoms with Crippen molar-refractivity contribution >= 4 is 10.8 Å². The van der Waals surface area contributed by atoms with Crippen molar-refractivity contribution in [2.24, 2.45) is 0 Å². The number of rotatable bonds is 5. The third kappa shape index (κ3) is 4.57. The molecule has 0 unspecified atom stereocenters. The molecular weight excluding hydrogens is 444 g/mol. The summed E-state index contributed by atoms with van der Waals surface area (Å²) < 4.78 is 21.8. The maximum Gasteiger partial charge on any atom is 0.229 e. The van der Waals surface area contributed by atoms with E-state index in [2.05, 4.69) is 0 Å². The zero-order chi connectivity index (χ0) is 23.9. The molecule has 33 heavy (non-hydrogen) atoms. The van der Waals surface area contributed by atoms with Crippen LogP contribution in [0.3, 0.4) is 0 Å². The molecule has 12 nitrogen and oxygen atoms in total. The second-order valence-corrected chi connectivity index (χ2v) is 8.00. The summed E-state index contributed by atoms with van der Waals surface area (Å²) in [5.74, 6) is -0.275. The third-order valence-corrected chi connectivity index (χ3v) is 5.75. The van der Waals surface area contributed by atoms with Crippen LogP contribution in [0.5, 0.6) is 17.2 Å². The number of fused-ring (bicyclic) bond motifs is 1. The SMILES string of the molecule is Oc1ccc(O[C@@H]2O[C@H](CO[C@@H]3OC[C@@H](O)[C@H](O)[C@H]3O)[C@@H](O)[C@H](O)[C@H]2O)c2c(O)cccc12. The second kappa shape index (κ2) is 9.54. The highest BCUT2D eigenvalue weighted by atomic mass is 16.7. The first-order valence-corrected chi connectivity index (χ1v) is 10.3. The van der Waals surface area contributed by atoms with Crippen molar-refractivity contribution in [2.75, 3.05) is 13.2 Å². The minimum atomic E-state index is -1.70. The number of hydrogen-bond donors (Lipinski definition) is 8. The lowest BCUT2D eigenvalue weighted by atomic mass is 9.99. The molecule has 182 valence electrons. The smallest absolute Gasteiger partial charge is 0.229 e. The Labute approximate surface area is 187 Å². The standard InChI is InChI=1S/C21H26O12/c22-9-4-5-12(14-8(9)2-1-3-10(14)23)32-21-19(29)17(27)16(26)13(33-21)7-31-20-18(28)15(25)11(24)6-30-20/h1-5,11,13,15-29H,6-7H2/t11-,13-,15+,16-,17+,18-,19-,20+,21-/m1/s1. The van der Waals surface area contributed by atoms with Gasteiger partial charge in [0.1, 0.15) is 60.0 Å². The first-order chi connectivity index (χ1) is 15.7. The summed E-state index contributed by atoms with van der Waals surface area (Å²) in [6, 6.07) is 7.11. The van der Waals surface area contributed by atoms with E-state index < -0.39 is 61.9 Å². The summed E-state index contributed by atoms with van der Waals surface area (Å²) in [6.45, 7) is -0.724. The Morgan fingerprint density at radius 3 is 2.27 bits per heavy atom. The fraction of sp³-hybridized carbons (Fsp3) is 0.524. The van der Waals surface area contributed by atoms with Gasteiger partial charge >= 0.3 is 0 Å². The van der Waals surface area contributed by atoms with E-state index in [0.717, 1.165) is 0 Å². The summed E-state index contributed by atoms with van der Waals surface area (Å²) in [5.41, 5.74) is 0. The van der Waals surface area contributed by atoms with Gasteiger partial charge in [-0.3, -0.25) is 0 Å². The number of ether oxygens (including phenoxy) is 4. The number of benzene rings is 2. The minimum Gasteiger partial charge on any atom is -0.507 e. The van der Waals surface area contributed by atoms with E-state index in [1.165, 1.54) is 24.3 Å². The van der Waals surface area contributed by atoms with Gasteiger partial charge in [-0.25, -0.2) is 0 Å². The van der Waals surface area contributed by atoms with Crippen LogP contribution in [0.2, 0.25) is 0 Å². The van der Waals surface area contributed by atoms with Gasteiger partial charge in [-0.05, 0) is 18.2 Å². The van der Waals surface area contributed by atoms with Crippen molar-refractivity contribution in [3.8, 4) is 17.2 Å². The van der Waals surface area contributed by atoms with Crippen LogP contribution in [0.4, 0.5) is 0 Å². The van der Waals surface area contributed by atoms with Crippen LogP contribution in [-0.2, 0) is 14.2 Å². The molecule has 2 aliphatic rings. The fourth-order valence-corrected chi connectivity index (χ4v) is 3.83. The number of hydrogen-bond acceptors (Lipinski definition) is 12. The molecule has 0 aliphatic carbocycles. The first-order valence-electron chi connectivity index (χ1n) is 10.3. The molecule has 2 heterocycles. The molecular formula is C21H26O12. The van der Waals surface area contributed by atoms with E-state index >= 15 is 0 Å². The normalized spacial score (nSPS) is 37.2. The third-order valence-electron chi connectivity index (χ3n) is 5.75. The van der Waals surface area contributed by atoms with Crippen molar-refractivity contribution in [1.82, 2.24) is 0 Å². The average molecular weight is 470 g/mol. The van der Waals surface area contributed by atoms with Gasteiger partial charge in [0.05, 0.1) is 18.6 Å². The predicted molar refractivity (Wildman–Crippen MR) is 108 cm³/mol. The van der Waals surface area contributed by atoms with E-state index in [1.807, 2.05) is 0 Å². The molecule has 0 saturated carbocycles. The number of phenols is 2. The molecule has 2 saturated heterocycles. The summed E-state index contributed by atoms with van der Waals surface area (Å²) in [4.78, 5) is 0. The van der Waals surface area contributed by atoms with Gasteiger partial charge in [0.2, 0.25) is 6.29 Å². The lowest BCUT2D eigenvalue weighted by molar-refractivity contribution is -0.307. The van der Waals surface area contributed by atoms with Crippen LogP contribution in [0.15, 0.2) is 30.3 Å². The zero-order valence-corrected chi connectivity index (χ0v) is 17.2. The lowest BCUT2D eigenvalue weighted by Crippen LogP contribution is -2.61. The summed E-state index contributed by atoms with van der Waals surface area (Å²) in [6.07, 6.45) is -13.4.